The number of alkyl halides is 3. The van der Waals surface area contributed by atoms with Crippen molar-refractivity contribution < 1.29 is 31.8 Å². The largest absolute Gasteiger partial charge is 0.416 e. The van der Waals surface area contributed by atoms with Crippen LogP contribution in [0.15, 0.2) is 65.5 Å². The molecule has 0 aliphatic rings. The molecule has 0 fully saturated rings. The summed E-state index contributed by atoms with van der Waals surface area (Å²) in [5.74, 6) is -0.774. The molecule has 33 heavy (non-hydrogen) atoms. The molecule has 3 rings (SSSR count). The van der Waals surface area contributed by atoms with E-state index in [0.717, 1.165) is 22.8 Å². The van der Waals surface area contributed by atoms with Crippen LogP contribution in [0.4, 0.5) is 13.2 Å². The Labute approximate surface area is 188 Å². The lowest BCUT2D eigenvalue weighted by atomic mass is 10.1. The molecule has 1 unspecified atom stereocenters. The van der Waals surface area contributed by atoms with Gasteiger partial charge in [0.25, 0.3) is 11.5 Å². The number of nitrogens with zero attached hydrogens (tertiary/aromatic N) is 1. The quantitative estimate of drug-likeness (QED) is 0.451. The molecule has 1 amide bonds. The van der Waals surface area contributed by atoms with Crippen molar-refractivity contribution in [2.45, 2.75) is 25.1 Å². The zero-order valence-electron chi connectivity index (χ0n) is 17.0. The number of aromatic nitrogens is 1. The van der Waals surface area contributed by atoms with E-state index in [1.807, 2.05) is 0 Å². The lowest BCUT2D eigenvalue weighted by Crippen LogP contribution is -2.33. The molecule has 0 radical (unpaired) electrons. The van der Waals surface area contributed by atoms with Crippen molar-refractivity contribution >= 4 is 17.0 Å². The number of hydrogen-bond donors (Lipinski definition) is 3. The molecule has 0 saturated carbocycles. The number of rotatable bonds is 7. The number of carbonyl (C=O) groups is 1. The van der Waals surface area contributed by atoms with Crippen LogP contribution in [0.3, 0.4) is 0 Å². The van der Waals surface area contributed by atoms with Gasteiger partial charge in [-0.05, 0) is 41.5 Å². The van der Waals surface area contributed by atoms with Gasteiger partial charge in [0.2, 0.25) is 0 Å². The third-order valence-electron chi connectivity index (χ3n) is 4.77. The molecule has 3 N–H and O–H groups in total. The molecular weight excluding hydrogens is 461 g/mol. The molecule has 1 aromatic heterocycles. The van der Waals surface area contributed by atoms with Crippen molar-refractivity contribution in [1.82, 2.24) is 9.88 Å². The molecule has 1 heterocycles. The summed E-state index contributed by atoms with van der Waals surface area (Å²) in [4.78, 5) is 25.6. The molecule has 1 atom stereocenters. The molecule has 0 aliphatic heterocycles. The molecule has 3 aromatic rings. The van der Waals surface area contributed by atoms with Crippen molar-refractivity contribution in [3.63, 3.8) is 0 Å². The van der Waals surface area contributed by atoms with E-state index in [2.05, 4.69) is 5.32 Å². The van der Waals surface area contributed by atoms with Crippen LogP contribution in [0.25, 0.3) is 5.69 Å². The minimum Gasteiger partial charge on any atom is -0.390 e. The maximum Gasteiger partial charge on any atom is 0.416 e. The minimum atomic E-state index is -4.63. The van der Waals surface area contributed by atoms with Crippen LogP contribution in [0.2, 0.25) is 0 Å². The minimum absolute atomic E-state index is 0.0211. The highest BCUT2D eigenvalue weighted by Crippen LogP contribution is 2.30. The van der Waals surface area contributed by atoms with Gasteiger partial charge in [-0.2, -0.15) is 13.2 Å². The van der Waals surface area contributed by atoms with Crippen molar-refractivity contribution in [3.05, 3.63) is 99.0 Å². The lowest BCUT2D eigenvalue weighted by molar-refractivity contribution is -0.137. The summed E-state index contributed by atoms with van der Waals surface area (Å²) >= 11 is -1.98. The van der Waals surface area contributed by atoms with Gasteiger partial charge < -0.3 is 15.0 Å². The molecule has 0 spiro atoms. The molecule has 11 heteroatoms. The normalized spacial score (nSPS) is 12.4. The van der Waals surface area contributed by atoms with E-state index < -0.39 is 40.9 Å². The molecular formula is C22H19F3N2O5S. The first-order chi connectivity index (χ1) is 15.6. The van der Waals surface area contributed by atoms with E-state index in [4.69, 9.17) is 4.55 Å². The fourth-order valence-corrected chi connectivity index (χ4v) is 3.63. The number of hydrogen-bond acceptors (Lipinski definition) is 4. The summed E-state index contributed by atoms with van der Waals surface area (Å²) in [5, 5.41) is 12.1. The van der Waals surface area contributed by atoms with Crippen LogP contribution in [0, 0.1) is 0 Å². The number of nitrogens with one attached hydrogen (secondary N) is 1. The van der Waals surface area contributed by atoms with Gasteiger partial charge in [0.1, 0.15) is 5.56 Å². The average Bonchev–Trinajstić information content (AvgIpc) is 2.77. The van der Waals surface area contributed by atoms with E-state index in [-0.39, 0.29) is 29.2 Å². The SMILES string of the molecule is O=C(NCc1ccc(CS(=O)O)cc1)c1ccc(CO)n(-c2cccc(C(F)(F)F)c2)c1=O. The Morgan fingerprint density at radius 2 is 1.70 bits per heavy atom. The number of aliphatic hydroxyl groups is 1. The van der Waals surface area contributed by atoms with Gasteiger partial charge in [0, 0.05) is 12.2 Å². The third kappa shape index (κ3) is 5.95. The summed E-state index contributed by atoms with van der Waals surface area (Å²) in [6, 6.07) is 13.1. The average molecular weight is 480 g/mol. The van der Waals surface area contributed by atoms with Gasteiger partial charge >= 0.3 is 6.18 Å². The van der Waals surface area contributed by atoms with Crippen LogP contribution in [0.5, 0.6) is 0 Å². The first-order valence-corrected chi connectivity index (χ1v) is 10.8. The summed E-state index contributed by atoms with van der Waals surface area (Å²) < 4.78 is 59.9. The standard InChI is InChI=1S/C22H19F3N2O5S/c23-22(24,25)16-2-1-3-17(10-16)27-18(12-28)8-9-19(21(27)30)20(29)26-11-14-4-6-15(7-5-14)13-33(31)32/h1-10,28H,11-13H2,(H,26,29)(H,31,32). The zero-order chi connectivity index (χ0) is 24.2. The third-order valence-corrected chi connectivity index (χ3v) is 5.35. The van der Waals surface area contributed by atoms with E-state index in [0.29, 0.717) is 11.1 Å². The zero-order valence-corrected chi connectivity index (χ0v) is 17.8. The van der Waals surface area contributed by atoms with Gasteiger partial charge in [-0.1, -0.05) is 30.3 Å². The fourth-order valence-electron chi connectivity index (χ4n) is 3.15. The Morgan fingerprint density at radius 1 is 1.03 bits per heavy atom. The summed E-state index contributed by atoms with van der Waals surface area (Å²) in [7, 11) is 0. The highest BCUT2D eigenvalue weighted by molar-refractivity contribution is 7.78. The molecule has 0 saturated heterocycles. The fraction of sp³-hybridized carbons (Fsp3) is 0.182. The Balaban J connectivity index is 1.87. The topological polar surface area (TPSA) is 109 Å². The van der Waals surface area contributed by atoms with Crippen LogP contribution in [-0.2, 0) is 36.2 Å². The van der Waals surface area contributed by atoms with E-state index in [1.165, 1.54) is 18.2 Å². The Morgan fingerprint density at radius 3 is 2.30 bits per heavy atom. The monoisotopic (exact) mass is 480 g/mol. The molecule has 7 nitrogen and oxygen atoms in total. The number of aliphatic hydroxyl groups excluding tert-OH is 1. The van der Waals surface area contributed by atoms with Gasteiger partial charge in [-0.25, -0.2) is 4.21 Å². The molecule has 0 aliphatic carbocycles. The second-order valence-corrected chi connectivity index (χ2v) is 7.98. The number of amides is 1. The predicted octanol–water partition coefficient (Wildman–Crippen LogP) is 3.00. The van der Waals surface area contributed by atoms with Crippen molar-refractivity contribution in [3.8, 4) is 5.69 Å². The van der Waals surface area contributed by atoms with Gasteiger partial charge in [-0.3, -0.25) is 14.2 Å². The summed E-state index contributed by atoms with van der Waals surface area (Å²) in [6.07, 6.45) is -4.63. The Bertz CT molecular complexity index is 1240. The van der Waals surface area contributed by atoms with Crippen molar-refractivity contribution in [2.75, 3.05) is 0 Å². The number of halogens is 3. The predicted molar refractivity (Wildman–Crippen MR) is 115 cm³/mol. The molecule has 0 bridgehead atoms. The highest BCUT2D eigenvalue weighted by atomic mass is 32.2. The summed E-state index contributed by atoms with van der Waals surface area (Å²) in [5.41, 5.74) is -0.969. The van der Waals surface area contributed by atoms with Crippen LogP contribution in [-0.4, -0.2) is 24.3 Å². The van der Waals surface area contributed by atoms with Gasteiger partial charge in [0.15, 0.2) is 11.1 Å². The highest BCUT2D eigenvalue weighted by Gasteiger charge is 2.31. The molecule has 174 valence electrons. The Hall–Kier alpha value is -3.28. The van der Waals surface area contributed by atoms with E-state index >= 15 is 0 Å². The van der Waals surface area contributed by atoms with Crippen molar-refractivity contribution in [2.24, 2.45) is 0 Å². The molecule has 2 aromatic carbocycles. The van der Waals surface area contributed by atoms with Crippen molar-refractivity contribution in [1.29, 1.82) is 0 Å². The maximum absolute atomic E-state index is 13.1. The van der Waals surface area contributed by atoms with E-state index in [9.17, 15) is 32.1 Å². The second-order valence-electron chi connectivity index (χ2n) is 7.05. The van der Waals surface area contributed by atoms with Crippen LogP contribution >= 0.6 is 0 Å². The first-order valence-electron chi connectivity index (χ1n) is 9.57. The van der Waals surface area contributed by atoms with Gasteiger partial charge in [0.05, 0.1) is 23.6 Å². The Kier molecular flexibility index (Phi) is 7.46. The first kappa shape index (κ1) is 24.4. The number of carbonyl (C=O) groups excluding carboxylic acids is 1. The second kappa shape index (κ2) is 10.1. The number of benzene rings is 2. The summed E-state index contributed by atoms with van der Waals surface area (Å²) in [6.45, 7) is -0.579. The van der Waals surface area contributed by atoms with Crippen LogP contribution in [0.1, 0.15) is 32.7 Å². The smallest absolute Gasteiger partial charge is 0.390 e. The van der Waals surface area contributed by atoms with Gasteiger partial charge in [-0.15, -0.1) is 0 Å². The maximum atomic E-state index is 13.1. The van der Waals surface area contributed by atoms with E-state index in [1.54, 1.807) is 24.3 Å². The lowest BCUT2D eigenvalue weighted by Gasteiger charge is -2.15. The number of pyridine rings is 1. The van der Waals surface area contributed by atoms with Crippen LogP contribution < -0.4 is 10.9 Å².